The van der Waals surface area contributed by atoms with E-state index in [1.54, 1.807) is 6.20 Å². The molecule has 4 aliphatic rings. The molecule has 0 aromatic carbocycles. The molecule has 1 aromatic rings. The number of pyridine rings is 1. The molecule has 5 rings (SSSR count). The monoisotopic (exact) mass is 481 g/mol. The molecule has 0 saturated heterocycles. The van der Waals surface area contributed by atoms with Crippen molar-refractivity contribution < 1.29 is 28.6 Å². The summed E-state index contributed by atoms with van der Waals surface area (Å²) in [6, 6.07) is 0. The second-order valence-electron chi connectivity index (χ2n) is 11.3. The number of carbonyl (C=O) groups excluding carboxylic acids is 3. The summed E-state index contributed by atoms with van der Waals surface area (Å²) < 4.78 is 15.6. The quantitative estimate of drug-likeness (QED) is 0.355. The van der Waals surface area contributed by atoms with E-state index in [0.29, 0.717) is 17.8 Å². The number of hydrogen-bond donors (Lipinski definition) is 0. The van der Waals surface area contributed by atoms with Crippen LogP contribution in [0.25, 0.3) is 0 Å². The van der Waals surface area contributed by atoms with Crippen LogP contribution in [-0.2, 0) is 30.8 Å². The highest BCUT2D eigenvalue weighted by Crippen LogP contribution is 2.64. The van der Waals surface area contributed by atoms with Crippen molar-refractivity contribution in [3.63, 3.8) is 0 Å². The van der Waals surface area contributed by atoms with Gasteiger partial charge < -0.3 is 14.2 Å². The molecule has 0 bridgehead atoms. The van der Waals surface area contributed by atoms with Crippen molar-refractivity contribution in [2.75, 3.05) is 14.2 Å². The molecule has 0 N–H and O–H groups in total. The highest BCUT2D eigenvalue weighted by Gasteiger charge is 2.58. The molecule has 6 atom stereocenters. The van der Waals surface area contributed by atoms with Gasteiger partial charge in [-0.1, -0.05) is 25.5 Å². The molecule has 0 unspecified atom stereocenters. The average Bonchev–Trinajstić information content (AvgIpc) is 3.15. The van der Waals surface area contributed by atoms with Crippen LogP contribution < -0.4 is 0 Å². The SMILES string of the molecule is COC(=O)c1ncc2c(c1C(=O)OC)[C@@]1(C)CC[C@H]3[C@H](CC=C4C[C@@H](OC(C)=O)CC[C@@]43C)[C@@H]1C2. The topological polar surface area (TPSA) is 91.8 Å². The Morgan fingerprint density at radius 3 is 2.37 bits per heavy atom. The van der Waals surface area contributed by atoms with Crippen LogP contribution in [0.2, 0.25) is 0 Å². The van der Waals surface area contributed by atoms with E-state index in [9.17, 15) is 14.4 Å². The molecule has 0 radical (unpaired) electrons. The number of esters is 3. The number of hydrogen-bond acceptors (Lipinski definition) is 7. The van der Waals surface area contributed by atoms with Crippen LogP contribution in [0.3, 0.4) is 0 Å². The molecule has 2 fully saturated rings. The Labute approximate surface area is 206 Å². The number of allylic oxidation sites excluding steroid dienone is 1. The predicted molar refractivity (Wildman–Crippen MR) is 128 cm³/mol. The minimum Gasteiger partial charge on any atom is -0.465 e. The standard InChI is InChI=1S/C28H35NO6/c1-15(30)35-18-8-10-27(2)17(13-18)6-7-19-20(27)9-11-28(3)21(19)12-16-14-29-24(26(32)34-5)22(23(16)28)25(31)33-4/h6,14,18-21H,7-13H2,1-5H3/t18-,19-,20-,21-,27-,28-/m0/s1. The third-order valence-electron chi connectivity index (χ3n) is 9.72. The minimum absolute atomic E-state index is 0.0154. The number of ether oxygens (including phenoxy) is 3. The van der Waals surface area contributed by atoms with E-state index in [1.807, 2.05) is 0 Å². The van der Waals surface area contributed by atoms with Gasteiger partial charge in [-0.15, -0.1) is 0 Å². The molecular weight excluding hydrogens is 446 g/mol. The molecular formula is C28H35NO6. The largest absolute Gasteiger partial charge is 0.465 e. The zero-order valence-corrected chi connectivity index (χ0v) is 21.3. The molecule has 0 spiro atoms. The van der Waals surface area contributed by atoms with Gasteiger partial charge in [0.05, 0.1) is 19.8 Å². The Bertz CT molecular complexity index is 1120. The van der Waals surface area contributed by atoms with Crippen molar-refractivity contribution in [3.8, 4) is 0 Å². The van der Waals surface area contributed by atoms with Gasteiger partial charge in [-0.2, -0.15) is 0 Å². The molecule has 1 heterocycles. The van der Waals surface area contributed by atoms with Crippen LogP contribution in [0.1, 0.15) is 91.3 Å². The molecule has 2 saturated carbocycles. The Morgan fingerprint density at radius 1 is 0.971 bits per heavy atom. The molecule has 4 aliphatic carbocycles. The van der Waals surface area contributed by atoms with Gasteiger partial charge >= 0.3 is 17.9 Å². The van der Waals surface area contributed by atoms with E-state index in [0.717, 1.165) is 56.1 Å². The van der Waals surface area contributed by atoms with Crippen molar-refractivity contribution in [2.24, 2.45) is 23.2 Å². The maximum Gasteiger partial charge on any atom is 0.357 e. The fourth-order valence-corrected chi connectivity index (χ4v) is 8.12. The van der Waals surface area contributed by atoms with Crippen LogP contribution in [0.5, 0.6) is 0 Å². The van der Waals surface area contributed by atoms with Crippen molar-refractivity contribution in [1.29, 1.82) is 0 Å². The summed E-state index contributed by atoms with van der Waals surface area (Å²) in [7, 11) is 2.64. The summed E-state index contributed by atoms with van der Waals surface area (Å²) in [6.45, 7) is 6.15. The highest BCUT2D eigenvalue weighted by molar-refractivity contribution is 6.03. The second kappa shape index (κ2) is 8.45. The first-order chi connectivity index (χ1) is 16.6. The van der Waals surface area contributed by atoms with Crippen molar-refractivity contribution >= 4 is 17.9 Å². The van der Waals surface area contributed by atoms with E-state index < -0.39 is 11.9 Å². The highest BCUT2D eigenvalue weighted by atomic mass is 16.5. The van der Waals surface area contributed by atoms with Crippen molar-refractivity contribution in [2.45, 2.75) is 77.2 Å². The lowest BCUT2D eigenvalue weighted by Crippen LogP contribution is -2.51. The third kappa shape index (κ3) is 3.53. The van der Waals surface area contributed by atoms with E-state index in [4.69, 9.17) is 14.2 Å². The van der Waals surface area contributed by atoms with E-state index in [-0.39, 0.29) is 34.2 Å². The summed E-state index contributed by atoms with van der Waals surface area (Å²) in [5.74, 6) is 0.0353. The first-order valence-electron chi connectivity index (χ1n) is 12.7. The summed E-state index contributed by atoms with van der Waals surface area (Å²) in [6.07, 6.45) is 10.7. The van der Waals surface area contributed by atoms with Crippen molar-refractivity contribution in [1.82, 2.24) is 4.98 Å². The number of rotatable bonds is 3. The molecule has 0 amide bonds. The number of methoxy groups -OCH3 is 2. The third-order valence-corrected chi connectivity index (χ3v) is 9.72. The summed E-state index contributed by atoms with van der Waals surface area (Å²) in [4.78, 5) is 41.3. The van der Waals surface area contributed by atoms with Gasteiger partial charge in [-0.3, -0.25) is 4.79 Å². The maximum atomic E-state index is 12.9. The van der Waals surface area contributed by atoms with E-state index in [1.165, 1.54) is 26.7 Å². The molecule has 0 aliphatic heterocycles. The summed E-state index contributed by atoms with van der Waals surface area (Å²) >= 11 is 0. The molecule has 35 heavy (non-hydrogen) atoms. The maximum absolute atomic E-state index is 12.9. The lowest BCUT2D eigenvalue weighted by atomic mass is 9.47. The number of carbonyl (C=O) groups is 3. The first kappa shape index (κ1) is 24.0. The fraction of sp³-hybridized carbons (Fsp3) is 0.643. The predicted octanol–water partition coefficient (Wildman–Crippen LogP) is 4.56. The van der Waals surface area contributed by atoms with Gasteiger partial charge in [-0.05, 0) is 78.2 Å². The molecule has 1 aromatic heterocycles. The van der Waals surface area contributed by atoms with Crippen LogP contribution in [-0.4, -0.2) is 43.2 Å². The van der Waals surface area contributed by atoms with Crippen LogP contribution in [0, 0.1) is 23.2 Å². The Morgan fingerprint density at radius 2 is 1.69 bits per heavy atom. The van der Waals surface area contributed by atoms with Crippen LogP contribution in [0.15, 0.2) is 17.8 Å². The molecule has 7 nitrogen and oxygen atoms in total. The lowest BCUT2D eigenvalue weighted by molar-refractivity contribution is -0.148. The van der Waals surface area contributed by atoms with Gasteiger partial charge in [0, 0.05) is 19.5 Å². The normalized spacial score (nSPS) is 34.9. The Hall–Kier alpha value is -2.70. The van der Waals surface area contributed by atoms with Gasteiger partial charge in [-0.25, -0.2) is 14.6 Å². The zero-order valence-electron chi connectivity index (χ0n) is 21.3. The van der Waals surface area contributed by atoms with E-state index >= 15 is 0 Å². The van der Waals surface area contributed by atoms with Gasteiger partial charge in [0.25, 0.3) is 0 Å². The number of aromatic nitrogens is 1. The van der Waals surface area contributed by atoms with Gasteiger partial charge in [0.2, 0.25) is 0 Å². The summed E-state index contributed by atoms with van der Waals surface area (Å²) in [5, 5.41) is 0. The number of nitrogens with zero attached hydrogens (tertiary/aromatic N) is 1. The van der Waals surface area contributed by atoms with Gasteiger partial charge in [0.15, 0.2) is 5.69 Å². The second-order valence-corrected chi connectivity index (χ2v) is 11.3. The summed E-state index contributed by atoms with van der Waals surface area (Å²) in [5.41, 5.74) is 3.62. The lowest BCUT2D eigenvalue weighted by Gasteiger charge is -2.57. The first-order valence-corrected chi connectivity index (χ1v) is 12.7. The smallest absolute Gasteiger partial charge is 0.357 e. The molecule has 188 valence electrons. The fourth-order valence-electron chi connectivity index (χ4n) is 8.12. The van der Waals surface area contributed by atoms with Gasteiger partial charge in [0.1, 0.15) is 6.10 Å². The minimum atomic E-state index is -0.615. The average molecular weight is 482 g/mol. The molecule has 7 heteroatoms. The van der Waals surface area contributed by atoms with Crippen LogP contribution in [0.4, 0.5) is 0 Å². The van der Waals surface area contributed by atoms with E-state index in [2.05, 4.69) is 24.9 Å². The Balaban J connectivity index is 1.52. The Kier molecular flexibility index (Phi) is 5.80. The van der Waals surface area contributed by atoms with Crippen LogP contribution >= 0.6 is 0 Å². The number of fused-ring (bicyclic) bond motifs is 7. The van der Waals surface area contributed by atoms with Crippen molar-refractivity contribution in [3.05, 3.63) is 40.2 Å². The zero-order chi connectivity index (χ0) is 25.1.